The molecule has 3 rings (SSSR count). The molecule has 0 saturated carbocycles. The van der Waals surface area contributed by atoms with E-state index in [0.717, 1.165) is 17.0 Å². The lowest BCUT2D eigenvalue weighted by atomic mass is 10.2. The summed E-state index contributed by atoms with van der Waals surface area (Å²) < 4.78 is 1.97. The Bertz CT molecular complexity index is 777. The van der Waals surface area contributed by atoms with E-state index in [0.29, 0.717) is 11.3 Å². The molecule has 0 bridgehead atoms. The lowest BCUT2D eigenvalue weighted by Crippen LogP contribution is -2.12. The molecule has 0 atom stereocenters. The Hall–Kier alpha value is -2.69. The van der Waals surface area contributed by atoms with Crippen LogP contribution in [0.3, 0.4) is 0 Å². The highest BCUT2D eigenvalue weighted by Crippen LogP contribution is 2.19. The van der Waals surface area contributed by atoms with Gasteiger partial charge in [0.15, 0.2) is 5.65 Å². The molecule has 3 aromatic rings. The fourth-order valence-corrected chi connectivity index (χ4v) is 2.09. The van der Waals surface area contributed by atoms with Crippen molar-refractivity contribution in [3.8, 4) is 0 Å². The second kappa shape index (κ2) is 4.77. The number of imidazole rings is 1. The first-order valence-corrected chi connectivity index (χ1v) is 6.32. The van der Waals surface area contributed by atoms with Crippen molar-refractivity contribution in [2.45, 2.75) is 13.8 Å². The molecule has 5 nitrogen and oxygen atoms in total. The standard InChI is InChI=1S/C15H14N4O/c1-10-11(2)19-8-4-6-13(14(19)17-10)18-15(20)12-5-3-7-16-9-12/h3-9H,1-2H3,(H,18,20). The van der Waals surface area contributed by atoms with E-state index in [1.807, 2.05) is 36.6 Å². The van der Waals surface area contributed by atoms with E-state index in [1.165, 1.54) is 6.20 Å². The number of pyridine rings is 2. The number of rotatable bonds is 2. The summed E-state index contributed by atoms with van der Waals surface area (Å²) in [6.07, 6.45) is 5.11. The van der Waals surface area contributed by atoms with Gasteiger partial charge in [-0.25, -0.2) is 4.98 Å². The average Bonchev–Trinajstić information content (AvgIpc) is 2.77. The van der Waals surface area contributed by atoms with Crippen LogP contribution in [-0.2, 0) is 0 Å². The van der Waals surface area contributed by atoms with Crippen LogP contribution in [0, 0.1) is 13.8 Å². The molecule has 0 saturated heterocycles. The van der Waals surface area contributed by atoms with Gasteiger partial charge in [0, 0.05) is 24.3 Å². The number of fused-ring (bicyclic) bond motifs is 1. The topological polar surface area (TPSA) is 59.3 Å². The average molecular weight is 266 g/mol. The van der Waals surface area contributed by atoms with Crippen molar-refractivity contribution in [1.29, 1.82) is 0 Å². The molecule has 0 aliphatic rings. The maximum Gasteiger partial charge on any atom is 0.257 e. The van der Waals surface area contributed by atoms with Crippen molar-refractivity contribution in [3.05, 3.63) is 59.8 Å². The molecule has 5 heteroatoms. The number of aromatic nitrogens is 3. The van der Waals surface area contributed by atoms with Crippen LogP contribution in [0.4, 0.5) is 5.69 Å². The zero-order valence-electron chi connectivity index (χ0n) is 11.3. The van der Waals surface area contributed by atoms with Gasteiger partial charge in [-0.2, -0.15) is 0 Å². The van der Waals surface area contributed by atoms with Crippen LogP contribution in [0.5, 0.6) is 0 Å². The fraction of sp³-hybridized carbons (Fsp3) is 0.133. The number of hydrogen-bond acceptors (Lipinski definition) is 3. The van der Waals surface area contributed by atoms with E-state index in [2.05, 4.69) is 15.3 Å². The first-order chi connectivity index (χ1) is 9.66. The highest BCUT2D eigenvalue weighted by Gasteiger charge is 2.11. The summed E-state index contributed by atoms with van der Waals surface area (Å²) in [7, 11) is 0. The van der Waals surface area contributed by atoms with Gasteiger partial charge < -0.3 is 9.72 Å². The van der Waals surface area contributed by atoms with Crippen molar-refractivity contribution < 1.29 is 4.79 Å². The third-order valence-corrected chi connectivity index (χ3v) is 3.30. The third-order valence-electron chi connectivity index (χ3n) is 3.30. The monoisotopic (exact) mass is 266 g/mol. The Balaban J connectivity index is 1.99. The molecule has 3 aromatic heterocycles. The minimum atomic E-state index is -0.190. The van der Waals surface area contributed by atoms with Crippen LogP contribution in [0.2, 0.25) is 0 Å². The van der Waals surface area contributed by atoms with Gasteiger partial charge in [-0.3, -0.25) is 9.78 Å². The SMILES string of the molecule is Cc1nc2c(NC(=O)c3cccnc3)cccn2c1C. The third kappa shape index (κ3) is 2.03. The number of hydrogen-bond donors (Lipinski definition) is 1. The number of amides is 1. The van der Waals surface area contributed by atoms with E-state index in [9.17, 15) is 4.79 Å². The van der Waals surface area contributed by atoms with Gasteiger partial charge in [0.2, 0.25) is 0 Å². The molecule has 0 fully saturated rings. The number of anilines is 1. The predicted octanol–water partition coefficient (Wildman–Crippen LogP) is 2.60. The largest absolute Gasteiger partial charge is 0.319 e. The van der Waals surface area contributed by atoms with Gasteiger partial charge in [-0.15, -0.1) is 0 Å². The second-order valence-corrected chi connectivity index (χ2v) is 4.59. The van der Waals surface area contributed by atoms with Gasteiger partial charge in [0.05, 0.1) is 16.9 Å². The maximum atomic E-state index is 12.2. The zero-order chi connectivity index (χ0) is 14.1. The van der Waals surface area contributed by atoms with Gasteiger partial charge in [-0.1, -0.05) is 0 Å². The van der Waals surface area contributed by atoms with Crippen molar-refractivity contribution in [2.75, 3.05) is 5.32 Å². The smallest absolute Gasteiger partial charge is 0.257 e. The number of carbonyl (C=O) groups excluding carboxylic acids is 1. The van der Waals surface area contributed by atoms with E-state index >= 15 is 0 Å². The van der Waals surface area contributed by atoms with Crippen LogP contribution in [0.25, 0.3) is 5.65 Å². The molecule has 0 radical (unpaired) electrons. The van der Waals surface area contributed by atoms with Crippen LogP contribution in [0.1, 0.15) is 21.7 Å². The molecular formula is C15H14N4O. The molecule has 1 amide bonds. The molecule has 1 N–H and O–H groups in total. The predicted molar refractivity (Wildman–Crippen MR) is 76.9 cm³/mol. The molecular weight excluding hydrogens is 252 g/mol. The van der Waals surface area contributed by atoms with Crippen LogP contribution < -0.4 is 5.32 Å². The lowest BCUT2D eigenvalue weighted by Gasteiger charge is -2.06. The highest BCUT2D eigenvalue weighted by molar-refractivity contribution is 6.05. The summed E-state index contributed by atoms with van der Waals surface area (Å²) in [5.74, 6) is -0.190. The van der Waals surface area contributed by atoms with Crippen LogP contribution in [0.15, 0.2) is 42.9 Å². The summed E-state index contributed by atoms with van der Waals surface area (Å²) in [6, 6.07) is 7.19. The summed E-state index contributed by atoms with van der Waals surface area (Å²) >= 11 is 0. The van der Waals surface area contributed by atoms with Gasteiger partial charge in [-0.05, 0) is 38.1 Å². The van der Waals surface area contributed by atoms with Crippen LogP contribution >= 0.6 is 0 Å². The molecule has 0 unspecified atom stereocenters. The molecule has 0 spiro atoms. The van der Waals surface area contributed by atoms with Crippen molar-refractivity contribution in [2.24, 2.45) is 0 Å². The molecule has 100 valence electrons. The van der Waals surface area contributed by atoms with Crippen molar-refractivity contribution >= 4 is 17.2 Å². The molecule has 3 heterocycles. The normalized spacial score (nSPS) is 10.7. The first-order valence-electron chi connectivity index (χ1n) is 6.32. The van der Waals surface area contributed by atoms with Gasteiger partial charge in [0.25, 0.3) is 5.91 Å². The minimum Gasteiger partial charge on any atom is -0.319 e. The Morgan fingerprint density at radius 3 is 2.85 bits per heavy atom. The highest BCUT2D eigenvalue weighted by atomic mass is 16.1. The van der Waals surface area contributed by atoms with E-state index in [4.69, 9.17) is 0 Å². The number of nitrogens with one attached hydrogen (secondary N) is 1. The number of nitrogens with zero attached hydrogens (tertiary/aromatic N) is 3. The number of carbonyl (C=O) groups is 1. The van der Waals surface area contributed by atoms with Crippen molar-refractivity contribution in [3.63, 3.8) is 0 Å². The molecule has 0 aromatic carbocycles. The van der Waals surface area contributed by atoms with Crippen molar-refractivity contribution in [1.82, 2.24) is 14.4 Å². The lowest BCUT2D eigenvalue weighted by molar-refractivity contribution is 0.102. The molecule has 0 aliphatic carbocycles. The fourth-order valence-electron chi connectivity index (χ4n) is 2.09. The minimum absolute atomic E-state index is 0.190. The maximum absolute atomic E-state index is 12.2. The van der Waals surface area contributed by atoms with E-state index in [1.54, 1.807) is 18.3 Å². The number of aryl methyl sites for hydroxylation is 2. The second-order valence-electron chi connectivity index (χ2n) is 4.59. The van der Waals surface area contributed by atoms with E-state index < -0.39 is 0 Å². The molecule has 20 heavy (non-hydrogen) atoms. The zero-order valence-corrected chi connectivity index (χ0v) is 11.3. The quantitative estimate of drug-likeness (QED) is 0.775. The Kier molecular flexibility index (Phi) is 2.95. The first kappa shape index (κ1) is 12.3. The molecule has 0 aliphatic heterocycles. The Labute approximate surface area is 116 Å². The van der Waals surface area contributed by atoms with Gasteiger partial charge >= 0.3 is 0 Å². The van der Waals surface area contributed by atoms with E-state index in [-0.39, 0.29) is 5.91 Å². The summed E-state index contributed by atoms with van der Waals surface area (Å²) in [6.45, 7) is 3.96. The summed E-state index contributed by atoms with van der Waals surface area (Å²) in [5, 5.41) is 2.88. The van der Waals surface area contributed by atoms with Gasteiger partial charge in [0.1, 0.15) is 0 Å². The summed E-state index contributed by atoms with van der Waals surface area (Å²) in [5.41, 5.74) is 3.98. The summed E-state index contributed by atoms with van der Waals surface area (Å²) in [4.78, 5) is 20.6. The van der Waals surface area contributed by atoms with Crippen LogP contribution in [-0.4, -0.2) is 20.3 Å². The Morgan fingerprint density at radius 2 is 2.10 bits per heavy atom. The Morgan fingerprint density at radius 1 is 1.25 bits per heavy atom.